The number of aryl methyl sites for hydroxylation is 3. The van der Waals surface area contributed by atoms with Gasteiger partial charge in [0, 0.05) is 36.6 Å². The lowest BCUT2D eigenvalue weighted by Gasteiger charge is -2.01. The molecule has 0 spiro atoms. The van der Waals surface area contributed by atoms with E-state index in [1.807, 2.05) is 50.3 Å². The molecule has 0 aliphatic carbocycles. The molecule has 3 aromatic rings. The minimum absolute atomic E-state index is 0.194. The molecule has 1 N–H and O–H groups in total. The number of fused-ring (bicyclic) bond motifs is 1. The Hall–Kier alpha value is -2.82. The molecule has 0 atom stereocenters. The Kier molecular flexibility index (Phi) is 4.02. The lowest BCUT2D eigenvalue weighted by Crippen LogP contribution is -2.11. The zero-order chi connectivity index (χ0) is 16.4. The van der Waals surface area contributed by atoms with Gasteiger partial charge >= 0.3 is 0 Å². The van der Waals surface area contributed by atoms with Gasteiger partial charge in [-0.1, -0.05) is 25.1 Å². The lowest BCUT2D eigenvalue weighted by molar-refractivity contribution is -0.111. The van der Waals surface area contributed by atoms with Crippen LogP contribution < -0.4 is 5.32 Å². The van der Waals surface area contributed by atoms with Crippen molar-refractivity contribution >= 4 is 28.8 Å². The molecule has 2 heterocycles. The molecule has 1 amide bonds. The molecule has 0 unspecified atom stereocenters. The van der Waals surface area contributed by atoms with E-state index < -0.39 is 0 Å². The van der Waals surface area contributed by atoms with E-state index in [0.717, 1.165) is 34.4 Å². The summed E-state index contributed by atoms with van der Waals surface area (Å²) < 4.78 is 7.47. The Balaban J connectivity index is 1.85. The first kappa shape index (κ1) is 15.1. The Bertz CT molecular complexity index is 887. The van der Waals surface area contributed by atoms with Crippen LogP contribution in [-0.4, -0.2) is 15.7 Å². The molecule has 0 bridgehead atoms. The molecule has 2 aromatic heterocycles. The highest BCUT2D eigenvalue weighted by atomic mass is 16.3. The smallest absolute Gasteiger partial charge is 0.249 e. The lowest BCUT2D eigenvalue weighted by atomic mass is 10.1. The second-order valence-electron chi connectivity index (χ2n) is 5.41. The van der Waals surface area contributed by atoms with Gasteiger partial charge < -0.3 is 9.73 Å². The van der Waals surface area contributed by atoms with Crippen LogP contribution in [0.3, 0.4) is 0 Å². The standard InChI is InChI=1S/C18H19N3O2/c1-4-15-14(13-7-5-6-8-16(13)23-15)9-10-18(22)19-17-11-12(2)20-21(17)3/h5-11H,4H2,1-3H3,(H,19,22)/b10-9+. The maximum Gasteiger partial charge on any atom is 0.249 e. The summed E-state index contributed by atoms with van der Waals surface area (Å²) in [4.78, 5) is 12.1. The molecule has 0 saturated heterocycles. The van der Waals surface area contributed by atoms with Gasteiger partial charge in [0.1, 0.15) is 17.2 Å². The Morgan fingerprint density at radius 2 is 2.17 bits per heavy atom. The number of nitrogens with zero attached hydrogens (tertiary/aromatic N) is 2. The second kappa shape index (κ2) is 6.12. The highest BCUT2D eigenvalue weighted by Crippen LogP contribution is 2.27. The number of benzene rings is 1. The molecule has 1 aromatic carbocycles. The van der Waals surface area contributed by atoms with Crippen molar-refractivity contribution < 1.29 is 9.21 Å². The van der Waals surface area contributed by atoms with Gasteiger partial charge in [0.05, 0.1) is 5.69 Å². The molecular formula is C18H19N3O2. The third kappa shape index (κ3) is 3.04. The highest BCUT2D eigenvalue weighted by molar-refractivity contribution is 6.03. The van der Waals surface area contributed by atoms with Crippen molar-refractivity contribution in [3.8, 4) is 0 Å². The Morgan fingerprint density at radius 3 is 2.87 bits per heavy atom. The molecular weight excluding hydrogens is 290 g/mol. The molecule has 0 aliphatic rings. The number of hydrogen-bond donors (Lipinski definition) is 1. The summed E-state index contributed by atoms with van der Waals surface area (Å²) in [5.41, 5.74) is 2.66. The minimum Gasteiger partial charge on any atom is -0.460 e. The van der Waals surface area contributed by atoms with Crippen LogP contribution in [0.5, 0.6) is 0 Å². The fraction of sp³-hybridized carbons (Fsp3) is 0.222. The van der Waals surface area contributed by atoms with Crippen molar-refractivity contribution in [2.24, 2.45) is 7.05 Å². The molecule has 5 heteroatoms. The third-order valence-electron chi connectivity index (χ3n) is 3.69. The maximum atomic E-state index is 12.1. The summed E-state index contributed by atoms with van der Waals surface area (Å²) in [6.07, 6.45) is 4.11. The highest BCUT2D eigenvalue weighted by Gasteiger charge is 2.10. The fourth-order valence-electron chi connectivity index (χ4n) is 2.62. The van der Waals surface area contributed by atoms with Gasteiger partial charge in [-0.05, 0) is 19.1 Å². The van der Waals surface area contributed by atoms with E-state index in [9.17, 15) is 4.79 Å². The maximum absolute atomic E-state index is 12.1. The number of para-hydroxylation sites is 1. The second-order valence-corrected chi connectivity index (χ2v) is 5.41. The summed E-state index contributed by atoms with van der Waals surface area (Å²) in [5, 5.41) is 8.05. The van der Waals surface area contributed by atoms with E-state index >= 15 is 0 Å². The van der Waals surface area contributed by atoms with E-state index in [-0.39, 0.29) is 5.91 Å². The molecule has 5 nitrogen and oxygen atoms in total. The van der Waals surface area contributed by atoms with Crippen molar-refractivity contribution in [1.29, 1.82) is 0 Å². The quantitative estimate of drug-likeness (QED) is 0.748. The van der Waals surface area contributed by atoms with Gasteiger partial charge in [0.15, 0.2) is 0 Å². The van der Waals surface area contributed by atoms with Crippen LogP contribution in [0, 0.1) is 6.92 Å². The first-order valence-corrected chi connectivity index (χ1v) is 7.58. The minimum atomic E-state index is -0.194. The normalized spacial score (nSPS) is 11.4. The average molecular weight is 309 g/mol. The summed E-state index contributed by atoms with van der Waals surface area (Å²) in [6.45, 7) is 3.92. The van der Waals surface area contributed by atoms with Crippen LogP contribution in [0.1, 0.15) is 23.9 Å². The number of amides is 1. The zero-order valence-corrected chi connectivity index (χ0v) is 13.5. The predicted octanol–water partition coefficient (Wildman–Crippen LogP) is 3.69. The fourth-order valence-corrected chi connectivity index (χ4v) is 2.62. The van der Waals surface area contributed by atoms with Crippen LogP contribution in [0.25, 0.3) is 17.0 Å². The third-order valence-corrected chi connectivity index (χ3v) is 3.69. The molecule has 0 radical (unpaired) electrons. The first-order valence-electron chi connectivity index (χ1n) is 7.58. The molecule has 0 aliphatic heterocycles. The van der Waals surface area contributed by atoms with Crippen LogP contribution in [0.4, 0.5) is 5.82 Å². The number of nitrogens with one attached hydrogen (secondary N) is 1. The number of carbonyl (C=O) groups is 1. The summed E-state index contributed by atoms with van der Waals surface area (Å²) in [6, 6.07) is 9.67. The molecule has 3 rings (SSSR count). The Labute approximate surface area is 134 Å². The Morgan fingerprint density at radius 1 is 1.39 bits per heavy atom. The number of hydrogen-bond acceptors (Lipinski definition) is 3. The number of furan rings is 1. The summed E-state index contributed by atoms with van der Waals surface area (Å²) in [5.74, 6) is 1.36. The molecule has 118 valence electrons. The SMILES string of the molecule is CCc1oc2ccccc2c1/C=C/C(=O)Nc1cc(C)nn1C. The van der Waals surface area contributed by atoms with E-state index in [1.165, 1.54) is 6.08 Å². The van der Waals surface area contributed by atoms with Gasteiger partial charge in [-0.2, -0.15) is 5.10 Å². The number of anilines is 1. The van der Waals surface area contributed by atoms with Crippen molar-refractivity contribution in [3.63, 3.8) is 0 Å². The zero-order valence-electron chi connectivity index (χ0n) is 13.5. The van der Waals surface area contributed by atoms with E-state index in [2.05, 4.69) is 10.4 Å². The summed E-state index contributed by atoms with van der Waals surface area (Å²) in [7, 11) is 1.80. The van der Waals surface area contributed by atoms with Gasteiger partial charge in [0.25, 0.3) is 0 Å². The average Bonchev–Trinajstić information content (AvgIpc) is 3.04. The summed E-state index contributed by atoms with van der Waals surface area (Å²) >= 11 is 0. The van der Waals surface area contributed by atoms with Gasteiger partial charge in [0.2, 0.25) is 5.91 Å². The molecule has 0 saturated carbocycles. The van der Waals surface area contributed by atoms with E-state index in [1.54, 1.807) is 11.7 Å². The van der Waals surface area contributed by atoms with Crippen molar-refractivity contribution in [1.82, 2.24) is 9.78 Å². The van der Waals surface area contributed by atoms with Crippen LogP contribution in [0.15, 0.2) is 40.8 Å². The van der Waals surface area contributed by atoms with Gasteiger partial charge in [-0.3, -0.25) is 9.48 Å². The predicted molar refractivity (Wildman–Crippen MR) is 91.2 cm³/mol. The van der Waals surface area contributed by atoms with Crippen molar-refractivity contribution in [2.45, 2.75) is 20.3 Å². The number of rotatable bonds is 4. The number of carbonyl (C=O) groups excluding carboxylic acids is 1. The van der Waals surface area contributed by atoms with Crippen molar-refractivity contribution in [2.75, 3.05) is 5.32 Å². The molecule has 0 fully saturated rings. The first-order chi connectivity index (χ1) is 11.1. The van der Waals surface area contributed by atoms with E-state index in [4.69, 9.17) is 4.42 Å². The molecule has 23 heavy (non-hydrogen) atoms. The van der Waals surface area contributed by atoms with Crippen LogP contribution >= 0.6 is 0 Å². The van der Waals surface area contributed by atoms with Gasteiger partial charge in [-0.25, -0.2) is 0 Å². The van der Waals surface area contributed by atoms with Crippen LogP contribution in [0.2, 0.25) is 0 Å². The monoisotopic (exact) mass is 309 g/mol. The largest absolute Gasteiger partial charge is 0.460 e. The van der Waals surface area contributed by atoms with E-state index in [0.29, 0.717) is 5.82 Å². The van der Waals surface area contributed by atoms with Gasteiger partial charge in [-0.15, -0.1) is 0 Å². The van der Waals surface area contributed by atoms with Crippen molar-refractivity contribution in [3.05, 3.63) is 53.4 Å². The topological polar surface area (TPSA) is 60.1 Å². The van der Waals surface area contributed by atoms with Crippen LogP contribution in [-0.2, 0) is 18.3 Å². The number of aromatic nitrogens is 2.